The van der Waals surface area contributed by atoms with E-state index in [0.29, 0.717) is 59.1 Å². The normalized spacial score (nSPS) is 13.6. The van der Waals surface area contributed by atoms with E-state index in [1.807, 2.05) is 18.2 Å². The van der Waals surface area contributed by atoms with Gasteiger partial charge in [0.05, 0.1) is 29.7 Å². The van der Waals surface area contributed by atoms with Crippen molar-refractivity contribution in [3.05, 3.63) is 51.9 Å². The number of nitrogens with zero attached hydrogens (tertiary/aromatic N) is 1. The lowest BCUT2D eigenvalue weighted by atomic mass is 10.0. The van der Waals surface area contributed by atoms with E-state index in [0.717, 1.165) is 25.1 Å². The van der Waals surface area contributed by atoms with Crippen molar-refractivity contribution in [1.82, 2.24) is 4.90 Å². The molecule has 3 aromatic rings. The molecule has 4 rings (SSSR count). The molecule has 0 saturated heterocycles. The molecule has 2 heterocycles. The summed E-state index contributed by atoms with van der Waals surface area (Å²) >= 11 is 0. The first kappa shape index (κ1) is 20.3. The van der Waals surface area contributed by atoms with E-state index in [1.54, 1.807) is 19.1 Å². The zero-order valence-corrected chi connectivity index (χ0v) is 17.7. The fourth-order valence-electron chi connectivity index (χ4n) is 3.89. The summed E-state index contributed by atoms with van der Waals surface area (Å²) in [5, 5.41) is 10.9. The molecule has 1 aliphatic rings. The van der Waals surface area contributed by atoms with Crippen molar-refractivity contribution in [2.24, 2.45) is 0 Å². The average molecular weight is 409 g/mol. The number of rotatable bonds is 5. The SMILES string of the molecule is CCN(CC)Cc1c(O)ccc2c(=O)c(-c3ccc4c(c3)OCCCO4)c(C)oc12. The molecule has 30 heavy (non-hydrogen) atoms. The summed E-state index contributed by atoms with van der Waals surface area (Å²) in [6.45, 7) is 9.30. The zero-order valence-electron chi connectivity index (χ0n) is 17.7. The topological polar surface area (TPSA) is 72.1 Å². The first-order valence-electron chi connectivity index (χ1n) is 10.4. The molecule has 6 nitrogen and oxygen atoms in total. The molecule has 0 spiro atoms. The Morgan fingerprint density at radius 3 is 2.50 bits per heavy atom. The molecule has 0 fully saturated rings. The predicted molar refractivity (Wildman–Crippen MR) is 117 cm³/mol. The van der Waals surface area contributed by atoms with Gasteiger partial charge in [-0.05, 0) is 49.8 Å². The number of fused-ring (bicyclic) bond motifs is 2. The number of benzene rings is 2. The Morgan fingerprint density at radius 2 is 1.77 bits per heavy atom. The summed E-state index contributed by atoms with van der Waals surface area (Å²) in [5.41, 5.74) is 2.19. The predicted octanol–water partition coefficient (Wildman–Crippen LogP) is 4.48. The minimum atomic E-state index is -0.121. The number of phenolic OH excluding ortho intramolecular Hbond substituents is 1. The lowest BCUT2D eigenvalue weighted by Crippen LogP contribution is -2.22. The van der Waals surface area contributed by atoms with Crippen molar-refractivity contribution in [2.45, 2.75) is 33.7 Å². The second-order valence-electron chi connectivity index (χ2n) is 7.48. The Kier molecular flexibility index (Phi) is 5.68. The van der Waals surface area contributed by atoms with Gasteiger partial charge in [-0.15, -0.1) is 0 Å². The molecular formula is C24H27NO5. The maximum atomic E-state index is 13.4. The van der Waals surface area contributed by atoms with Crippen LogP contribution >= 0.6 is 0 Å². The molecule has 1 N–H and O–H groups in total. The van der Waals surface area contributed by atoms with Gasteiger partial charge < -0.3 is 19.0 Å². The van der Waals surface area contributed by atoms with Gasteiger partial charge in [-0.2, -0.15) is 0 Å². The molecule has 6 heteroatoms. The van der Waals surface area contributed by atoms with Crippen LogP contribution in [0.5, 0.6) is 17.2 Å². The summed E-state index contributed by atoms with van der Waals surface area (Å²) in [6.07, 6.45) is 0.819. The fraction of sp³-hybridized carbons (Fsp3) is 0.375. The summed E-state index contributed by atoms with van der Waals surface area (Å²) < 4.78 is 17.6. The molecule has 0 amide bonds. The third-order valence-corrected chi connectivity index (χ3v) is 5.63. The fourth-order valence-corrected chi connectivity index (χ4v) is 3.89. The second-order valence-corrected chi connectivity index (χ2v) is 7.48. The highest BCUT2D eigenvalue weighted by Gasteiger charge is 2.20. The van der Waals surface area contributed by atoms with Crippen molar-refractivity contribution >= 4 is 11.0 Å². The molecule has 0 aliphatic carbocycles. The lowest BCUT2D eigenvalue weighted by molar-refractivity contribution is 0.290. The van der Waals surface area contributed by atoms with Crippen LogP contribution in [-0.4, -0.2) is 36.3 Å². The van der Waals surface area contributed by atoms with E-state index in [-0.39, 0.29) is 11.2 Å². The van der Waals surface area contributed by atoms with Crippen molar-refractivity contribution in [3.8, 4) is 28.4 Å². The highest BCUT2D eigenvalue weighted by Crippen LogP contribution is 2.36. The van der Waals surface area contributed by atoms with Gasteiger partial charge in [-0.25, -0.2) is 0 Å². The second kappa shape index (κ2) is 8.40. The van der Waals surface area contributed by atoms with Crippen LogP contribution in [0.3, 0.4) is 0 Å². The number of phenols is 1. The van der Waals surface area contributed by atoms with Crippen LogP contribution in [-0.2, 0) is 6.54 Å². The van der Waals surface area contributed by atoms with Gasteiger partial charge in [0.25, 0.3) is 0 Å². The van der Waals surface area contributed by atoms with Gasteiger partial charge in [0.1, 0.15) is 17.1 Å². The maximum Gasteiger partial charge on any atom is 0.200 e. The number of ether oxygens (including phenoxy) is 2. The van der Waals surface area contributed by atoms with E-state index in [4.69, 9.17) is 13.9 Å². The molecule has 0 unspecified atom stereocenters. The Hall–Kier alpha value is -2.99. The quantitative estimate of drug-likeness (QED) is 0.670. The highest BCUT2D eigenvalue weighted by atomic mass is 16.5. The zero-order chi connectivity index (χ0) is 21.3. The van der Waals surface area contributed by atoms with E-state index in [2.05, 4.69) is 18.7 Å². The Balaban J connectivity index is 1.86. The largest absolute Gasteiger partial charge is 0.507 e. The number of hydrogen-bond donors (Lipinski definition) is 1. The van der Waals surface area contributed by atoms with Crippen molar-refractivity contribution in [1.29, 1.82) is 0 Å². The van der Waals surface area contributed by atoms with Crippen molar-refractivity contribution < 1.29 is 19.0 Å². The van der Waals surface area contributed by atoms with Gasteiger partial charge >= 0.3 is 0 Å². The van der Waals surface area contributed by atoms with Gasteiger partial charge in [-0.1, -0.05) is 19.9 Å². The van der Waals surface area contributed by atoms with Gasteiger partial charge in [0.2, 0.25) is 5.43 Å². The molecular weight excluding hydrogens is 382 g/mol. The van der Waals surface area contributed by atoms with Crippen LogP contribution in [0.4, 0.5) is 0 Å². The lowest BCUT2D eigenvalue weighted by Gasteiger charge is -2.20. The van der Waals surface area contributed by atoms with E-state index < -0.39 is 0 Å². The third kappa shape index (κ3) is 3.63. The summed E-state index contributed by atoms with van der Waals surface area (Å²) in [4.78, 5) is 15.6. The first-order valence-corrected chi connectivity index (χ1v) is 10.4. The molecule has 1 aliphatic heterocycles. The summed E-state index contributed by atoms with van der Waals surface area (Å²) in [7, 11) is 0. The average Bonchev–Trinajstić information content (AvgIpc) is 2.98. The Bertz CT molecular complexity index is 1130. The number of aromatic hydroxyl groups is 1. The van der Waals surface area contributed by atoms with Crippen LogP contribution in [0.2, 0.25) is 0 Å². The van der Waals surface area contributed by atoms with Gasteiger partial charge in [-0.3, -0.25) is 9.69 Å². The molecule has 0 atom stereocenters. The monoisotopic (exact) mass is 409 g/mol. The summed E-state index contributed by atoms with van der Waals surface area (Å²) in [5.74, 6) is 1.97. The van der Waals surface area contributed by atoms with Crippen molar-refractivity contribution in [2.75, 3.05) is 26.3 Å². The molecule has 0 bridgehead atoms. The van der Waals surface area contributed by atoms with Crippen LogP contribution < -0.4 is 14.9 Å². The molecule has 0 saturated carbocycles. The Morgan fingerprint density at radius 1 is 1.03 bits per heavy atom. The standard InChI is InChI=1S/C24H27NO5/c1-4-25(5-2)14-18-19(26)9-8-17-23(27)22(15(3)30-24(17)18)16-7-10-20-21(13-16)29-12-6-11-28-20/h7-10,13,26H,4-6,11-12,14H2,1-3H3. The molecule has 1 aromatic heterocycles. The molecule has 158 valence electrons. The minimum absolute atomic E-state index is 0.121. The van der Waals surface area contributed by atoms with Gasteiger partial charge in [0, 0.05) is 13.0 Å². The van der Waals surface area contributed by atoms with E-state index in [1.165, 1.54) is 0 Å². The smallest absolute Gasteiger partial charge is 0.200 e. The van der Waals surface area contributed by atoms with E-state index >= 15 is 0 Å². The maximum absolute atomic E-state index is 13.4. The van der Waals surface area contributed by atoms with Gasteiger partial charge in [0.15, 0.2) is 11.5 Å². The molecule has 0 radical (unpaired) electrons. The first-order chi connectivity index (χ1) is 14.5. The van der Waals surface area contributed by atoms with Crippen molar-refractivity contribution in [3.63, 3.8) is 0 Å². The van der Waals surface area contributed by atoms with Crippen LogP contribution in [0, 0.1) is 6.92 Å². The highest BCUT2D eigenvalue weighted by molar-refractivity contribution is 5.87. The van der Waals surface area contributed by atoms with Crippen LogP contribution in [0.1, 0.15) is 31.6 Å². The Labute approximate surface area is 175 Å². The van der Waals surface area contributed by atoms with Crippen LogP contribution in [0.25, 0.3) is 22.1 Å². The minimum Gasteiger partial charge on any atom is -0.507 e. The third-order valence-electron chi connectivity index (χ3n) is 5.63. The number of aryl methyl sites for hydroxylation is 1. The van der Waals surface area contributed by atoms with E-state index in [9.17, 15) is 9.90 Å². The summed E-state index contributed by atoms with van der Waals surface area (Å²) in [6, 6.07) is 8.74. The molecule has 2 aromatic carbocycles. The van der Waals surface area contributed by atoms with Crippen LogP contribution in [0.15, 0.2) is 39.5 Å². The number of hydrogen-bond acceptors (Lipinski definition) is 6.